The minimum Gasteiger partial charge on any atom is -0.440 e. The molecule has 0 heterocycles. The van der Waals surface area contributed by atoms with Crippen LogP contribution >= 0.6 is 0 Å². The Hall–Kier alpha value is 1.38. The van der Waals surface area contributed by atoms with Gasteiger partial charge in [-0.3, -0.25) is 0 Å². The first kappa shape index (κ1) is 35.4. The van der Waals surface area contributed by atoms with Crippen molar-refractivity contribution in [2.45, 2.75) is 98.2 Å². The van der Waals surface area contributed by atoms with Gasteiger partial charge in [-0.15, -0.1) is 0 Å². The Bertz CT molecular complexity index is 640. The molecule has 17 heteroatoms. The van der Waals surface area contributed by atoms with Crippen LogP contribution in [0.4, 0.5) is 0 Å². The fourth-order valence-electron chi connectivity index (χ4n) is 4.27. The van der Waals surface area contributed by atoms with E-state index >= 15 is 0 Å². The van der Waals surface area contributed by atoms with Gasteiger partial charge in [0.15, 0.2) is 9.04 Å². The van der Waals surface area contributed by atoms with Crippen molar-refractivity contribution in [1.82, 2.24) is 0 Å². The van der Waals surface area contributed by atoms with Crippen LogP contribution < -0.4 is 0 Å². The highest BCUT2D eigenvalue weighted by Gasteiger charge is 2.49. The van der Waals surface area contributed by atoms with Crippen molar-refractivity contribution < 1.29 is 37.7 Å². The minimum atomic E-state index is -2.73. The van der Waals surface area contributed by atoms with Crippen molar-refractivity contribution in [2.24, 2.45) is 0 Å². The topological polar surface area (TPSA) is 83.1 Å². The standard InChI is InChI=1S/C17H52O9Si8/c1-18-34(17,19-2)26-33(15,16)25-32(13,14)24-31(11,12)23-30(9,10)22-29(7,8)21-28(5,6)20-27(3)4/h27H,1-17H3. The van der Waals surface area contributed by atoms with Crippen LogP contribution in [0.2, 0.25) is 98.2 Å². The molecular formula is C17H52O9Si8. The molecule has 0 aliphatic carbocycles. The van der Waals surface area contributed by atoms with Gasteiger partial charge >= 0.3 is 60.2 Å². The third-order valence-electron chi connectivity index (χ3n) is 4.15. The van der Waals surface area contributed by atoms with E-state index in [1.807, 2.05) is 45.8 Å². The van der Waals surface area contributed by atoms with E-state index in [0.29, 0.717) is 0 Å². The molecule has 0 N–H and O–H groups in total. The average molecular weight is 625 g/mol. The molecule has 9 nitrogen and oxygen atoms in total. The summed E-state index contributed by atoms with van der Waals surface area (Å²) in [7, 11) is -15.7. The van der Waals surface area contributed by atoms with Crippen molar-refractivity contribution in [2.75, 3.05) is 14.2 Å². The van der Waals surface area contributed by atoms with Gasteiger partial charge in [0, 0.05) is 20.8 Å². The lowest BCUT2D eigenvalue weighted by atomic mass is 11.8. The molecule has 34 heavy (non-hydrogen) atoms. The van der Waals surface area contributed by atoms with E-state index in [4.69, 9.17) is 37.7 Å². The molecule has 0 saturated carbocycles. The molecule has 206 valence electrons. The van der Waals surface area contributed by atoms with Gasteiger partial charge in [-0.1, -0.05) is 0 Å². The van der Waals surface area contributed by atoms with Crippen molar-refractivity contribution in [3.63, 3.8) is 0 Å². The quantitative estimate of drug-likeness (QED) is 0.216. The zero-order valence-corrected chi connectivity index (χ0v) is 32.9. The molecule has 0 atom stereocenters. The van der Waals surface area contributed by atoms with Gasteiger partial charge in [-0.25, -0.2) is 0 Å². The van der Waals surface area contributed by atoms with Gasteiger partial charge in [0.25, 0.3) is 0 Å². The highest BCUT2D eigenvalue weighted by molar-refractivity contribution is 6.91. The second-order valence-corrected chi connectivity index (χ2v) is 38.7. The van der Waals surface area contributed by atoms with Gasteiger partial charge < -0.3 is 37.7 Å². The smallest absolute Gasteiger partial charge is 0.440 e. The lowest BCUT2D eigenvalue weighted by molar-refractivity contribution is 0.150. The molecule has 0 aromatic rings. The monoisotopic (exact) mass is 624 g/mol. The molecule has 0 spiro atoms. The first-order valence-electron chi connectivity index (χ1n) is 11.8. The SMILES string of the molecule is CO[Si](C)(OC)O[Si](C)(C)O[Si](C)(C)O[Si](C)(C)O[Si](C)(C)O[Si](C)(C)O[Si](C)(C)O[SiH](C)C. The Kier molecular flexibility index (Phi) is 13.0. The molecule has 0 aliphatic heterocycles. The van der Waals surface area contributed by atoms with Crippen LogP contribution in [0.1, 0.15) is 0 Å². The van der Waals surface area contributed by atoms with Crippen molar-refractivity contribution >= 4 is 69.2 Å². The van der Waals surface area contributed by atoms with Crippen molar-refractivity contribution in [3.05, 3.63) is 0 Å². The predicted molar refractivity (Wildman–Crippen MR) is 157 cm³/mol. The zero-order chi connectivity index (χ0) is 27.4. The van der Waals surface area contributed by atoms with E-state index in [9.17, 15) is 0 Å². The largest absolute Gasteiger partial charge is 0.488 e. The third kappa shape index (κ3) is 14.9. The molecule has 0 bridgehead atoms. The summed E-state index contributed by atoms with van der Waals surface area (Å²) in [5.41, 5.74) is 0. The Morgan fingerprint density at radius 3 is 0.853 bits per heavy atom. The number of hydrogen-bond donors (Lipinski definition) is 0. The van der Waals surface area contributed by atoms with Gasteiger partial charge in [0.2, 0.25) is 0 Å². The molecule has 0 unspecified atom stereocenters. The summed E-state index contributed by atoms with van der Waals surface area (Å²) in [4.78, 5) is 0. The first-order chi connectivity index (χ1) is 14.8. The molecular weight excluding hydrogens is 573 g/mol. The van der Waals surface area contributed by atoms with Crippen LogP contribution in [0.3, 0.4) is 0 Å². The fraction of sp³-hybridized carbons (Fsp3) is 1.00. The van der Waals surface area contributed by atoms with Crippen LogP contribution in [-0.4, -0.2) is 83.4 Å². The molecule has 0 aromatic carbocycles. The van der Waals surface area contributed by atoms with E-state index in [0.717, 1.165) is 0 Å². The van der Waals surface area contributed by atoms with Gasteiger partial charge in [-0.05, 0) is 91.7 Å². The number of hydrogen-bond acceptors (Lipinski definition) is 9. The molecule has 0 aromatic heterocycles. The predicted octanol–water partition coefficient (Wildman–Crippen LogP) is 5.16. The summed E-state index contributed by atoms with van der Waals surface area (Å²) < 4.78 is 56.1. The second kappa shape index (κ2) is 12.5. The van der Waals surface area contributed by atoms with Gasteiger partial charge in [0.05, 0.1) is 0 Å². The molecule has 0 aliphatic rings. The van der Waals surface area contributed by atoms with Crippen LogP contribution in [0, 0.1) is 0 Å². The minimum absolute atomic E-state index is 1.19. The van der Waals surface area contributed by atoms with Gasteiger partial charge in [-0.2, -0.15) is 0 Å². The summed E-state index contributed by atoms with van der Waals surface area (Å²) in [5, 5.41) is 0. The van der Waals surface area contributed by atoms with Crippen molar-refractivity contribution in [1.29, 1.82) is 0 Å². The summed E-state index contributed by atoms with van der Waals surface area (Å²) in [6.07, 6.45) is 0. The second-order valence-electron chi connectivity index (χ2n) is 11.4. The van der Waals surface area contributed by atoms with Crippen molar-refractivity contribution in [3.8, 4) is 0 Å². The summed E-state index contributed by atoms with van der Waals surface area (Å²) in [6.45, 7) is 30.8. The Morgan fingerprint density at radius 2 is 0.618 bits per heavy atom. The highest BCUT2D eigenvalue weighted by atomic mass is 28.5. The van der Waals surface area contributed by atoms with Crippen LogP contribution in [0.5, 0.6) is 0 Å². The van der Waals surface area contributed by atoms with E-state index in [2.05, 4.69) is 52.4 Å². The van der Waals surface area contributed by atoms with Crippen LogP contribution in [0.25, 0.3) is 0 Å². The number of rotatable bonds is 16. The van der Waals surface area contributed by atoms with E-state index in [-0.39, 0.29) is 0 Å². The van der Waals surface area contributed by atoms with E-state index < -0.39 is 69.2 Å². The fourth-order valence-corrected chi connectivity index (χ4v) is 40.2. The summed E-state index contributed by atoms with van der Waals surface area (Å²) >= 11 is 0. The normalized spacial score (nSPS) is 15.4. The Morgan fingerprint density at radius 1 is 0.382 bits per heavy atom. The Labute approximate surface area is 218 Å². The van der Waals surface area contributed by atoms with Crippen LogP contribution in [-0.2, 0) is 37.7 Å². The molecule has 0 amide bonds. The Balaban J connectivity index is 5.29. The highest BCUT2D eigenvalue weighted by Crippen LogP contribution is 2.28. The lowest BCUT2D eigenvalue weighted by Gasteiger charge is -2.43. The van der Waals surface area contributed by atoms with Crippen LogP contribution in [0.15, 0.2) is 0 Å². The van der Waals surface area contributed by atoms with Gasteiger partial charge in [0.1, 0.15) is 0 Å². The maximum atomic E-state index is 6.61. The zero-order valence-electron chi connectivity index (χ0n) is 24.8. The lowest BCUT2D eigenvalue weighted by Crippen LogP contribution is -2.61. The first-order valence-corrected chi connectivity index (χ1v) is 33.7. The molecule has 0 radical (unpaired) electrons. The summed E-state index contributed by atoms with van der Waals surface area (Å²) in [6, 6.07) is 0. The van der Waals surface area contributed by atoms with E-state index in [1.165, 1.54) is 0 Å². The van der Waals surface area contributed by atoms with E-state index in [1.54, 1.807) is 14.2 Å². The maximum Gasteiger partial charge on any atom is 0.488 e. The molecule has 0 fully saturated rings. The third-order valence-corrected chi connectivity index (χ3v) is 32.9. The maximum absolute atomic E-state index is 6.61. The average Bonchev–Trinajstić information content (AvgIpc) is 2.46. The molecule has 0 rings (SSSR count). The summed E-state index contributed by atoms with van der Waals surface area (Å²) in [5.74, 6) is 0. The molecule has 0 saturated heterocycles.